The topological polar surface area (TPSA) is 67.1 Å². The van der Waals surface area contributed by atoms with Crippen LogP contribution in [0.1, 0.15) is 37.9 Å². The van der Waals surface area contributed by atoms with Crippen LogP contribution < -0.4 is 5.32 Å². The van der Waals surface area contributed by atoms with E-state index in [0.29, 0.717) is 11.7 Å². The molecule has 1 saturated heterocycles. The van der Waals surface area contributed by atoms with Crippen LogP contribution in [-0.4, -0.2) is 56.7 Å². The summed E-state index contributed by atoms with van der Waals surface area (Å²) in [5.74, 6) is 4.51. The van der Waals surface area contributed by atoms with Crippen LogP contribution in [0.25, 0.3) is 11.5 Å². The quantitative estimate of drug-likeness (QED) is 0.859. The Morgan fingerprint density at radius 2 is 2.04 bits per heavy atom. The minimum Gasteiger partial charge on any atom is -0.368 e. The van der Waals surface area contributed by atoms with Crippen LogP contribution in [0.4, 0.5) is 5.82 Å². The van der Waals surface area contributed by atoms with Crippen molar-refractivity contribution in [3.63, 3.8) is 0 Å². The summed E-state index contributed by atoms with van der Waals surface area (Å²) in [7, 11) is 0. The molecule has 4 rings (SSSR count). The predicted octanol–water partition coefficient (Wildman–Crippen LogP) is 3.60. The molecule has 1 aliphatic carbocycles. The Morgan fingerprint density at radius 1 is 1.23 bits per heavy atom. The van der Waals surface area contributed by atoms with Gasteiger partial charge >= 0.3 is 0 Å². The summed E-state index contributed by atoms with van der Waals surface area (Å²) in [5, 5.41) is 7.56. The van der Waals surface area contributed by atoms with Crippen LogP contribution in [0.15, 0.2) is 22.9 Å². The molecule has 2 aromatic heterocycles. The Hall–Kier alpha value is -1.60. The van der Waals surface area contributed by atoms with E-state index in [1.807, 2.05) is 25.3 Å². The highest BCUT2D eigenvalue weighted by molar-refractivity contribution is 7.99. The van der Waals surface area contributed by atoms with Crippen molar-refractivity contribution in [1.29, 1.82) is 0 Å². The Labute approximate surface area is 159 Å². The minimum absolute atomic E-state index is 0.249. The lowest BCUT2D eigenvalue weighted by atomic mass is 9.80. The molecule has 26 heavy (non-hydrogen) atoms. The summed E-state index contributed by atoms with van der Waals surface area (Å²) in [4.78, 5) is 11.7. The van der Waals surface area contributed by atoms with Gasteiger partial charge in [0, 0.05) is 42.9 Å². The molecule has 0 unspecified atom stereocenters. The van der Waals surface area contributed by atoms with E-state index in [2.05, 4.69) is 37.1 Å². The van der Waals surface area contributed by atoms with Gasteiger partial charge in [0.25, 0.3) is 5.89 Å². The lowest BCUT2D eigenvalue weighted by Gasteiger charge is -2.48. The maximum absolute atomic E-state index is 5.37. The number of thioether (sulfide) groups is 1. The average Bonchev–Trinajstić information content (AvgIpc) is 3.14. The molecule has 0 amide bonds. The van der Waals surface area contributed by atoms with E-state index in [1.165, 1.54) is 56.7 Å². The van der Waals surface area contributed by atoms with Gasteiger partial charge in [-0.25, -0.2) is 4.98 Å². The highest BCUT2D eigenvalue weighted by Crippen LogP contribution is 2.36. The third kappa shape index (κ3) is 3.74. The van der Waals surface area contributed by atoms with Gasteiger partial charge in [0.2, 0.25) is 0 Å². The van der Waals surface area contributed by atoms with E-state index in [-0.39, 0.29) is 5.54 Å². The van der Waals surface area contributed by atoms with Crippen molar-refractivity contribution in [1.82, 2.24) is 20.0 Å². The summed E-state index contributed by atoms with van der Waals surface area (Å²) < 4.78 is 5.37. The summed E-state index contributed by atoms with van der Waals surface area (Å²) in [6, 6.07) is 3.91. The molecule has 2 fully saturated rings. The molecule has 0 spiro atoms. The van der Waals surface area contributed by atoms with Crippen LogP contribution >= 0.6 is 11.8 Å². The van der Waals surface area contributed by atoms with Gasteiger partial charge in [0.15, 0.2) is 5.82 Å². The van der Waals surface area contributed by atoms with Gasteiger partial charge in [0.05, 0.1) is 5.56 Å². The molecule has 140 valence electrons. The Kier molecular flexibility index (Phi) is 5.45. The highest BCUT2D eigenvalue weighted by atomic mass is 32.2. The molecular formula is C19H27N5OS. The fourth-order valence-corrected chi connectivity index (χ4v) is 5.13. The predicted molar refractivity (Wildman–Crippen MR) is 105 cm³/mol. The zero-order valence-corrected chi connectivity index (χ0v) is 16.2. The lowest BCUT2D eigenvalue weighted by molar-refractivity contribution is 0.0706. The Balaban J connectivity index is 1.54. The highest BCUT2D eigenvalue weighted by Gasteiger charge is 2.38. The monoisotopic (exact) mass is 373 g/mol. The van der Waals surface area contributed by atoms with Crippen molar-refractivity contribution in [2.45, 2.75) is 44.6 Å². The maximum atomic E-state index is 5.37. The second-order valence-corrected chi connectivity index (χ2v) is 8.51. The zero-order chi connectivity index (χ0) is 17.8. The first-order valence-corrected chi connectivity index (χ1v) is 10.7. The molecule has 0 aromatic carbocycles. The number of aryl methyl sites for hydroxylation is 1. The van der Waals surface area contributed by atoms with E-state index in [9.17, 15) is 0 Å². The fourth-order valence-electron chi connectivity index (χ4n) is 4.23. The second kappa shape index (κ2) is 7.96. The third-order valence-corrected chi connectivity index (χ3v) is 6.56. The maximum Gasteiger partial charge on any atom is 0.261 e. The molecule has 0 radical (unpaired) electrons. The second-order valence-electron chi connectivity index (χ2n) is 7.28. The van der Waals surface area contributed by atoms with E-state index >= 15 is 0 Å². The molecule has 2 aromatic rings. The van der Waals surface area contributed by atoms with Gasteiger partial charge in [-0.2, -0.15) is 16.7 Å². The van der Waals surface area contributed by atoms with Crippen LogP contribution in [0.5, 0.6) is 0 Å². The third-order valence-electron chi connectivity index (χ3n) is 5.62. The lowest BCUT2D eigenvalue weighted by Crippen LogP contribution is -2.57. The number of rotatable bonds is 5. The van der Waals surface area contributed by atoms with E-state index in [0.717, 1.165) is 17.9 Å². The van der Waals surface area contributed by atoms with Crippen LogP contribution in [0.3, 0.4) is 0 Å². The number of pyridine rings is 1. The SMILES string of the molecule is Cc1noc(-c2cccnc2NCC2(N3CCSCC3)CCCCC2)n1. The number of hydrogen-bond acceptors (Lipinski definition) is 7. The molecule has 7 heteroatoms. The van der Waals surface area contributed by atoms with Gasteiger partial charge in [0.1, 0.15) is 5.82 Å². The first-order valence-electron chi connectivity index (χ1n) is 9.59. The van der Waals surface area contributed by atoms with Crippen molar-refractivity contribution in [2.24, 2.45) is 0 Å². The molecule has 1 saturated carbocycles. The number of nitrogens with zero attached hydrogens (tertiary/aromatic N) is 4. The smallest absolute Gasteiger partial charge is 0.261 e. The van der Waals surface area contributed by atoms with Crippen molar-refractivity contribution in [2.75, 3.05) is 36.5 Å². The average molecular weight is 374 g/mol. The fraction of sp³-hybridized carbons (Fsp3) is 0.632. The van der Waals surface area contributed by atoms with Crippen molar-refractivity contribution in [3.05, 3.63) is 24.2 Å². The van der Waals surface area contributed by atoms with E-state index in [1.54, 1.807) is 0 Å². The van der Waals surface area contributed by atoms with Gasteiger partial charge in [-0.3, -0.25) is 4.90 Å². The minimum atomic E-state index is 0.249. The first kappa shape index (κ1) is 17.8. The van der Waals surface area contributed by atoms with Crippen molar-refractivity contribution in [3.8, 4) is 11.5 Å². The molecular weight excluding hydrogens is 346 g/mol. The van der Waals surface area contributed by atoms with Gasteiger partial charge < -0.3 is 9.84 Å². The van der Waals surface area contributed by atoms with E-state index < -0.39 is 0 Å². The summed E-state index contributed by atoms with van der Waals surface area (Å²) in [6.45, 7) is 5.16. The number of anilines is 1. The van der Waals surface area contributed by atoms with Crippen molar-refractivity contribution >= 4 is 17.6 Å². The van der Waals surface area contributed by atoms with E-state index in [4.69, 9.17) is 4.52 Å². The molecule has 2 aliphatic rings. The molecule has 0 bridgehead atoms. The van der Waals surface area contributed by atoms with Gasteiger partial charge in [-0.1, -0.05) is 24.4 Å². The molecule has 3 heterocycles. The molecule has 0 atom stereocenters. The zero-order valence-electron chi connectivity index (χ0n) is 15.4. The van der Waals surface area contributed by atoms with Gasteiger partial charge in [-0.05, 0) is 31.9 Å². The largest absolute Gasteiger partial charge is 0.368 e. The molecule has 6 nitrogen and oxygen atoms in total. The number of aromatic nitrogens is 3. The Bertz CT molecular complexity index is 722. The summed E-state index contributed by atoms with van der Waals surface area (Å²) in [6.07, 6.45) is 8.37. The summed E-state index contributed by atoms with van der Waals surface area (Å²) in [5.41, 5.74) is 1.13. The molecule has 1 aliphatic heterocycles. The number of nitrogens with one attached hydrogen (secondary N) is 1. The number of hydrogen-bond donors (Lipinski definition) is 1. The Morgan fingerprint density at radius 3 is 2.77 bits per heavy atom. The van der Waals surface area contributed by atoms with Crippen LogP contribution in [0.2, 0.25) is 0 Å². The van der Waals surface area contributed by atoms with Crippen molar-refractivity contribution < 1.29 is 4.52 Å². The first-order chi connectivity index (χ1) is 12.8. The molecule has 1 N–H and O–H groups in total. The van der Waals surface area contributed by atoms with Crippen LogP contribution in [-0.2, 0) is 0 Å². The van der Waals surface area contributed by atoms with Gasteiger partial charge in [-0.15, -0.1) is 0 Å². The normalized spacial score (nSPS) is 20.8. The van der Waals surface area contributed by atoms with Crippen LogP contribution in [0, 0.1) is 6.92 Å². The summed E-state index contributed by atoms with van der Waals surface area (Å²) >= 11 is 2.08. The standard InChI is InChI=1S/C19H27N5OS/c1-15-22-18(25-23-15)16-6-5-9-20-17(16)21-14-19(7-3-2-4-8-19)24-10-12-26-13-11-24/h5-6,9H,2-4,7-8,10-14H2,1H3,(H,20,21).